The smallest absolute Gasteiger partial charge is 0.137 e. The van der Waals surface area contributed by atoms with Crippen LogP contribution >= 0.6 is 15.9 Å². The maximum atomic E-state index is 13.2. The van der Waals surface area contributed by atoms with Crippen molar-refractivity contribution in [2.24, 2.45) is 0 Å². The van der Waals surface area contributed by atoms with Crippen LogP contribution in [0.5, 0.6) is 0 Å². The van der Waals surface area contributed by atoms with Crippen molar-refractivity contribution in [2.75, 3.05) is 13.2 Å². The highest BCUT2D eigenvalue weighted by Crippen LogP contribution is 2.21. The molecule has 1 aliphatic heterocycles. The van der Waals surface area contributed by atoms with Gasteiger partial charge in [0.15, 0.2) is 0 Å². The van der Waals surface area contributed by atoms with Crippen molar-refractivity contribution in [3.05, 3.63) is 34.1 Å². The summed E-state index contributed by atoms with van der Waals surface area (Å²) in [6.45, 7) is 3.82. The Balaban J connectivity index is 1.86. The maximum absolute atomic E-state index is 13.2. The first-order valence-electron chi connectivity index (χ1n) is 6.47. The molecule has 2 unspecified atom stereocenters. The van der Waals surface area contributed by atoms with Crippen LogP contribution in [0.1, 0.15) is 37.8 Å². The summed E-state index contributed by atoms with van der Waals surface area (Å²) in [4.78, 5) is 0. The van der Waals surface area contributed by atoms with E-state index in [4.69, 9.17) is 4.74 Å². The van der Waals surface area contributed by atoms with E-state index >= 15 is 0 Å². The summed E-state index contributed by atoms with van der Waals surface area (Å²) in [5.41, 5.74) is 1.08. The Morgan fingerprint density at radius 3 is 3.00 bits per heavy atom. The van der Waals surface area contributed by atoms with Gasteiger partial charge in [-0.25, -0.2) is 4.39 Å². The van der Waals surface area contributed by atoms with Gasteiger partial charge in [0, 0.05) is 19.2 Å². The van der Waals surface area contributed by atoms with Crippen LogP contribution in [-0.2, 0) is 4.74 Å². The Bertz CT molecular complexity index is 393. The minimum absolute atomic E-state index is 0.201. The van der Waals surface area contributed by atoms with Crippen LogP contribution in [0, 0.1) is 5.82 Å². The van der Waals surface area contributed by atoms with Crippen molar-refractivity contribution < 1.29 is 9.13 Å². The van der Waals surface area contributed by atoms with Gasteiger partial charge in [-0.2, -0.15) is 0 Å². The fourth-order valence-corrected chi connectivity index (χ4v) is 2.57. The molecular weight excluding hydrogens is 297 g/mol. The van der Waals surface area contributed by atoms with Crippen molar-refractivity contribution in [3.8, 4) is 0 Å². The third-order valence-electron chi connectivity index (χ3n) is 3.37. The molecule has 1 N–H and O–H groups in total. The van der Waals surface area contributed by atoms with Crippen LogP contribution in [0.3, 0.4) is 0 Å². The summed E-state index contributed by atoms with van der Waals surface area (Å²) < 4.78 is 19.3. The van der Waals surface area contributed by atoms with E-state index in [0.717, 1.165) is 25.1 Å². The van der Waals surface area contributed by atoms with E-state index in [1.165, 1.54) is 18.9 Å². The lowest BCUT2D eigenvalue weighted by molar-refractivity contribution is 0.0156. The Labute approximate surface area is 116 Å². The first-order chi connectivity index (χ1) is 8.66. The fourth-order valence-electron chi connectivity index (χ4n) is 2.18. The van der Waals surface area contributed by atoms with Gasteiger partial charge in [-0.15, -0.1) is 0 Å². The minimum Gasteiger partial charge on any atom is -0.377 e. The Morgan fingerprint density at radius 2 is 2.33 bits per heavy atom. The van der Waals surface area contributed by atoms with Crippen molar-refractivity contribution in [3.63, 3.8) is 0 Å². The molecule has 0 saturated carbocycles. The second kappa shape index (κ2) is 6.64. The molecule has 1 aliphatic rings. The van der Waals surface area contributed by atoms with Crippen LogP contribution in [-0.4, -0.2) is 19.3 Å². The molecule has 1 aromatic rings. The normalized spacial score (nSPS) is 21.8. The van der Waals surface area contributed by atoms with E-state index in [2.05, 4.69) is 28.2 Å². The first-order valence-corrected chi connectivity index (χ1v) is 7.26. The number of benzene rings is 1. The quantitative estimate of drug-likeness (QED) is 0.912. The van der Waals surface area contributed by atoms with Gasteiger partial charge in [-0.05, 0) is 59.8 Å². The van der Waals surface area contributed by atoms with Gasteiger partial charge in [0.2, 0.25) is 0 Å². The molecule has 1 heterocycles. The summed E-state index contributed by atoms with van der Waals surface area (Å²) in [5, 5.41) is 3.45. The highest BCUT2D eigenvalue weighted by molar-refractivity contribution is 9.10. The summed E-state index contributed by atoms with van der Waals surface area (Å²) >= 11 is 3.21. The van der Waals surface area contributed by atoms with Crippen LogP contribution in [0.25, 0.3) is 0 Å². The lowest BCUT2D eigenvalue weighted by Gasteiger charge is -2.25. The second-order valence-corrected chi connectivity index (χ2v) is 5.65. The fraction of sp³-hybridized carbons (Fsp3) is 0.571. The zero-order valence-electron chi connectivity index (χ0n) is 10.6. The number of nitrogens with one attached hydrogen (secondary N) is 1. The van der Waals surface area contributed by atoms with Gasteiger partial charge in [-0.3, -0.25) is 0 Å². The molecule has 1 aromatic carbocycles. The molecule has 0 aliphatic carbocycles. The molecule has 4 heteroatoms. The molecule has 0 bridgehead atoms. The van der Waals surface area contributed by atoms with Gasteiger partial charge in [0.1, 0.15) is 5.82 Å². The second-order valence-electron chi connectivity index (χ2n) is 4.79. The average molecular weight is 316 g/mol. The van der Waals surface area contributed by atoms with Gasteiger partial charge in [0.05, 0.1) is 10.6 Å². The summed E-state index contributed by atoms with van der Waals surface area (Å²) in [7, 11) is 0. The van der Waals surface area contributed by atoms with E-state index in [1.807, 2.05) is 12.1 Å². The van der Waals surface area contributed by atoms with Crippen LogP contribution < -0.4 is 5.32 Å². The Morgan fingerprint density at radius 1 is 1.50 bits per heavy atom. The molecule has 2 nitrogen and oxygen atoms in total. The van der Waals surface area contributed by atoms with Crippen LogP contribution in [0.4, 0.5) is 4.39 Å². The molecule has 0 aromatic heterocycles. The SMILES string of the molecule is CC(NCC1CCCCO1)c1ccc(F)c(Br)c1. The van der Waals surface area contributed by atoms with E-state index in [1.54, 1.807) is 0 Å². The zero-order valence-corrected chi connectivity index (χ0v) is 12.2. The van der Waals surface area contributed by atoms with Crippen molar-refractivity contribution in [1.82, 2.24) is 5.32 Å². The highest BCUT2D eigenvalue weighted by Gasteiger charge is 2.15. The highest BCUT2D eigenvalue weighted by atomic mass is 79.9. The van der Waals surface area contributed by atoms with Gasteiger partial charge >= 0.3 is 0 Å². The molecule has 0 radical (unpaired) electrons. The maximum Gasteiger partial charge on any atom is 0.137 e. The molecule has 2 atom stereocenters. The number of ether oxygens (including phenoxy) is 1. The van der Waals surface area contributed by atoms with E-state index in [9.17, 15) is 4.39 Å². The molecule has 100 valence electrons. The van der Waals surface area contributed by atoms with Crippen molar-refractivity contribution >= 4 is 15.9 Å². The molecule has 0 amide bonds. The standard InChI is InChI=1S/C14H19BrFNO/c1-10(11-5-6-14(16)13(15)8-11)17-9-12-4-2-3-7-18-12/h5-6,8,10,12,17H,2-4,7,9H2,1H3. The molecular formula is C14H19BrFNO. The number of hydrogen-bond donors (Lipinski definition) is 1. The average Bonchev–Trinajstić information content (AvgIpc) is 2.40. The molecule has 2 rings (SSSR count). The number of rotatable bonds is 4. The van der Waals surface area contributed by atoms with E-state index in [-0.39, 0.29) is 11.9 Å². The molecule has 0 spiro atoms. The first kappa shape index (κ1) is 14.0. The number of hydrogen-bond acceptors (Lipinski definition) is 2. The van der Waals surface area contributed by atoms with Crippen LogP contribution in [0.2, 0.25) is 0 Å². The van der Waals surface area contributed by atoms with Crippen LogP contribution in [0.15, 0.2) is 22.7 Å². The zero-order chi connectivity index (χ0) is 13.0. The lowest BCUT2D eigenvalue weighted by Crippen LogP contribution is -2.33. The van der Waals surface area contributed by atoms with Gasteiger partial charge in [0.25, 0.3) is 0 Å². The molecule has 1 fully saturated rings. The predicted molar refractivity (Wildman–Crippen MR) is 74.1 cm³/mol. The summed E-state index contributed by atoms with van der Waals surface area (Å²) in [6, 6.07) is 5.34. The Kier molecular flexibility index (Phi) is 5.15. The van der Waals surface area contributed by atoms with E-state index in [0.29, 0.717) is 10.6 Å². The summed E-state index contributed by atoms with van der Waals surface area (Å²) in [6.07, 6.45) is 3.89. The molecule has 18 heavy (non-hydrogen) atoms. The largest absolute Gasteiger partial charge is 0.377 e. The van der Waals surface area contributed by atoms with E-state index < -0.39 is 0 Å². The van der Waals surface area contributed by atoms with Gasteiger partial charge < -0.3 is 10.1 Å². The third-order valence-corrected chi connectivity index (χ3v) is 3.98. The van der Waals surface area contributed by atoms with Crippen molar-refractivity contribution in [2.45, 2.75) is 38.3 Å². The summed E-state index contributed by atoms with van der Waals surface area (Å²) in [5.74, 6) is -0.221. The topological polar surface area (TPSA) is 21.3 Å². The van der Waals surface area contributed by atoms with Crippen molar-refractivity contribution in [1.29, 1.82) is 0 Å². The third kappa shape index (κ3) is 3.77. The molecule has 1 saturated heterocycles. The Hall–Kier alpha value is -0.450. The number of halogens is 2. The monoisotopic (exact) mass is 315 g/mol. The minimum atomic E-state index is -0.221. The predicted octanol–water partition coefficient (Wildman–Crippen LogP) is 3.81. The lowest BCUT2D eigenvalue weighted by atomic mass is 10.1. The van der Waals surface area contributed by atoms with Gasteiger partial charge in [-0.1, -0.05) is 6.07 Å².